The Kier molecular flexibility index (Phi) is 5.42. The second kappa shape index (κ2) is 7.92. The summed E-state index contributed by atoms with van der Waals surface area (Å²) in [5.74, 6) is 0.608. The number of hydrogen-bond acceptors (Lipinski definition) is 5. The molecule has 5 nitrogen and oxygen atoms in total. The maximum Gasteiger partial charge on any atom is 0.257 e. The second-order valence-corrected chi connectivity index (χ2v) is 6.21. The van der Waals surface area contributed by atoms with Gasteiger partial charge in [-0.1, -0.05) is 12.1 Å². The van der Waals surface area contributed by atoms with Crippen LogP contribution in [0.5, 0.6) is 5.75 Å². The second-order valence-electron chi connectivity index (χ2n) is 5.35. The van der Waals surface area contributed by atoms with Crippen LogP contribution in [0.1, 0.15) is 15.9 Å². The number of anilines is 1. The lowest BCUT2D eigenvalue weighted by Crippen LogP contribution is -2.12. The Bertz CT molecular complexity index is 859. The highest BCUT2D eigenvalue weighted by atomic mass is 32.1. The summed E-state index contributed by atoms with van der Waals surface area (Å²) in [7, 11) is 3.26. The van der Waals surface area contributed by atoms with Crippen molar-refractivity contribution in [2.45, 2.75) is 6.61 Å². The predicted molar refractivity (Wildman–Crippen MR) is 99.2 cm³/mol. The van der Waals surface area contributed by atoms with E-state index in [1.807, 2.05) is 47.8 Å². The number of thiazole rings is 1. The topological polar surface area (TPSA) is 60.5 Å². The number of rotatable bonds is 6. The summed E-state index contributed by atoms with van der Waals surface area (Å²) < 4.78 is 10.3. The first kappa shape index (κ1) is 17.1. The Balaban J connectivity index is 1.72. The molecule has 3 aromatic rings. The average Bonchev–Trinajstić information content (AvgIpc) is 3.11. The van der Waals surface area contributed by atoms with Gasteiger partial charge in [-0.05, 0) is 42.0 Å². The van der Waals surface area contributed by atoms with Gasteiger partial charge in [0.25, 0.3) is 5.91 Å². The van der Waals surface area contributed by atoms with Gasteiger partial charge in [-0.25, -0.2) is 4.98 Å². The van der Waals surface area contributed by atoms with Crippen molar-refractivity contribution < 1.29 is 14.3 Å². The van der Waals surface area contributed by atoms with Crippen LogP contribution in [0.3, 0.4) is 0 Å². The van der Waals surface area contributed by atoms with Gasteiger partial charge in [0, 0.05) is 23.6 Å². The van der Waals surface area contributed by atoms with Crippen LogP contribution < -0.4 is 10.1 Å². The molecule has 1 N–H and O–H groups in total. The van der Waals surface area contributed by atoms with Crippen LogP contribution in [-0.2, 0) is 11.3 Å². The summed E-state index contributed by atoms with van der Waals surface area (Å²) in [5, 5.41) is 5.32. The van der Waals surface area contributed by atoms with E-state index in [9.17, 15) is 4.79 Å². The first-order chi connectivity index (χ1) is 12.2. The van der Waals surface area contributed by atoms with E-state index in [0.717, 1.165) is 22.6 Å². The average molecular weight is 354 g/mol. The number of nitrogens with one attached hydrogen (secondary N) is 1. The Morgan fingerprint density at radius 3 is 2.68 bits per heavy atom. The Labute approximate surface area is 150 Å². The molecule has 25 heavy (non-hydrogen) atoms. The summed E-state index contributed by atoms with van der Waals surface area (Å²) in [5.41, 5.74) is 3.32. The standard InChI is InChI=1S/C19H18N2O3S/c1-23-11-13-4-3-5-15(10-13)18(22)21-19-20-17(12-25-19)14-6-8-16(24-2)9-7-14/h3-10,12H,11H2,1-2H3,(H,20,21,22). The molecule has 1 amide bonds. The number of carbonyl (C=O) groups excluding carboxylic acids is 1. The number of aromatic nitrogens is 1. The molecular formula is C19H18N2O3S. The maximum atomic E-state index is 12.4. The zero-order chi connectivity index (χ0) is 17.6. The minimum Gasteiger partial charge on any atom is -0.497 e. The van der Waals surface area contributed by atoms with Gasteiger partial charge in [-0.2, -0.15) is 0 Å². The van der Waals surface area contributed by atoms with Gasteiger partial charge in [0.1, 0.15) is 5.75 Å². The van der Waals surface area contributed by atoms with Crippen LogP contribution in [0, 0.1) is 0 Å². The van der Waals surface area contributed by atoms with Crippen molar-refractivity contribution in [3.8, 4) is 17.0 Å². The fourth-order valence-electron chi connectivity index (χ4n) is 2.36. The van der Waals surface area contributed by atoms with Gasteiger partial charge in [0.05, 0.1) is 19.4 Å². The molecule has 6 heteroatoms. The van der Waals surface area contributed by atoms with Gasteiger partial charge >= 0.3 is 0 Å². The van der Waals surface area contributed by atoms with Crippen LogP contribution in [0.15, 0.2) is 53.9 Å². The summed E-state index contributed by atoms with van der Waals surface area (Å²) in [6.45, 7) is 0.472. The van der Waals surface area contributed by atoms with Crippen molar-refractivity contribution in [1.82, 2.24) is 4.98 Å². The molecule has 0 spiro atoms. The highest BCUT2D eigenvalue weighted by Gasteiger charge is 2.10. The van der Waals surface area contributed by atoms with Gasteiger partial charge in [-0.3, -0.25) is 10.1 Å². The number of amides is 1. The largest absolute Gasteiger partial charge is 0.497 e. The molecule has 1 heterocycles. The van der Waals surface area contributed by atoms with E-state index in [1.54, 1.807) is 20.3 Å². The first-order valence-electron chi connectivity index (χ1n) is 7.69. The lowest BCUT2D eigenvalue weighted by molar-refractivity contribution is 0.102. The van der Waals surface area contributed by atoms with Crippen LogP contribution in [-0.4, -0.2) is 25.1 Å². The van der Waals surface area contributed by atoms with E-state index in [4.69, 9.17) is 9.47 Å². The van der Waals surface area contributed by atoms with Crippen molar-refractivity contribution in [2.24, 2.45) is 0 Å². The Hall–Kier alpha value is -2.70. The van der Waals surface area contributed by atoms with E-state index in [1.165, 1.54) is 11.3 Å². The molecule has 0 aliphatic heterocycles. The lowest BCUT2D eigenvalue weighted by Gasteiger charge is -2.04. The third-order valence-corrected chi connectivity index (χ3v) is 4.37. The molecule has 0 saturated heterocycles. The minimum absolute atomic E-state index is 0.186. The summed E-state index contributed by atoms with van der Waals surface area (Å²) in [6.07, 6.45) is 0. The van der Waals surface area contributed by atoms with Crippen molar-refractivity contribution in [3.05, 3.63) is 65.0 Å². The number of ether oxygens (including phenoxy) is 2. The SMILES string of the molecule is COCc1cccc(C(=O)Nc2nc(-c3ccc(OC)cc3)cs2)c1. The summed E-state index contributed by atoms with van der Waals surface area (Å²) in [4.78, 5) is 16.9. The van der Waals surface area contributed by atoms with E-state index in [2.05, 4.69) is 10.3 Å². The molecule has 2 aromatic carbocycles. The van der Waals surface area contributed by atoms with E-state index >= 15 is 0 Å². The summed E-state index contributed by atoms with van der Waals surface area (Å²) in [6, 6.07) is 15.0. The molecule has 0 aliphatic carbocycles. The van der Waals surface area contributed by atoms with Crippen molar-refractivity contribution >= 4 is 22.4 Å². The van der Waals surface area contributed by atoms with Gasteiger partial charge in [-0.15, -0.1) is 11.3 Å². The fourth-order valence-corrected chi connectivity index (χ4v) is 3.08. The normalized spacial score (nSPS) is 10.5. The molecule has 0 fully saturated rings. The highest BCUT2D eigenvalue weighted by Crippen LogP contribution is 2.26. The zero-order valence-electron chi connectivity index (χ0n) is 14.0. The number of hydrogen-bond donors (Lipinski definition) is 1. The molecule has 1 aromatic heterocycles. The van der Waals surface area contributed by atoms with Crippen molar-refractivity contribution in [2.75, 3.05) is 19.5 Å². The number of benzene rings is 2. The monoisotopic (exact) mass is 354 g/mol. The highest BCUT2D eigenvalue weighted by molar-refractivity contribution is 7.14. The third-order valence-electron chi connectivity index (χ3n) is 3.61. The maximum absolute atomic E-state index is 12.4. The van der Waals surface area contributed by atoms with E-state index in [0.29, 0.717) is 17.3 Å². The van der Waals surface area contributed by atoms with Crippen molar-refractivity contribution in [1.29, 1.82) is 0 Å². The van der Waals surface area contributed by atoms with Crippen LogP contribution in [0.4, 0.5) is 5.13 Å². The van der Waals surface area contributed by atoms with E-state index < -0.39 is 0 Å². The van der Waals surface area contributed by atoms with E-state index in [-0.39, 0.29) is 5.91 Å². The first-order valence-corrected chi connectivity index (χ1v) is 8.57. The third kappa shape index (κ3) is 4.23. The van der Waals surface area contributed by atoms with Crippen LogP contribution >= 0.6 is 11.3 Å². The fraction of sp³-hybridized carbons (Fsp3) is 0.158. The number of carbonyl (C=O) groups is 1. The number of nitrogens with zero attached hydrogens (tertiary/aromatic N) is 1. The molecule has 0 atom stereocenters. The molecule has 128 valence electrons. The van der Waals surface area contributed by atoms with Crippen molar-refractivity contribution in [3.63, 3.8) is 0 Å². The predicted octanol–water partition coefficient (Wildman–Crippen LogP) is 4.22. The Morgan fingerprint density at radius 2 is 1.96 bits per heavy atom. The van der Waals surface area contributed by atoms with Crippen LogP contribution in [0.2, 0.25) is 0 Å². The molecule has 0 radical (unpaired) electrons. The minimum atomic E-state index is -0.186. The van der Waals surface area contributed by atoms with Gasteiger partial charge in [0.15, 0.2) is 5.13 Å². The molecule has 0 unspecified atom stereocenters. The molecular weight excluding hydrogens is 336 g/mol. The molecule has 0 saturated carbocycles. The zero-order valence-corrected chi connectivity index (χ0v) is 14.8. The van der Waals surface area contributed by atoms with Crippen LogP contribution in [0.25, 0.3) is 11.3 Å². The van der Waals surface area contributed by atoms with Gasteiger partial charge < -0.3 is 9.47 Å². The molecule has 0 bridgehead atoms. The smallest absolute Gasteiger partial charge is 0.257 e. The molecule has 3 rings (SSSR count). The molecule has 0 aliphatic rings. The summed E-state index contributed by atoms with van der Waals surface area (Å²) >= 11 is 1.39. The number of methoxy groups -OCH3 is 2. The van der Waals surface area contributed by atoms with Gasteiger partial charge in [0.2, 0.25) is 0 Å². The Morgan fingerprint density at radius 1 is 1.16 bits per heavy atom. The quantitative estimate of drug-likeness (QED) is 0.720. The lowest BCUT2D eigenvalue weighted by atomic mass is 10.1.